The van der Waals surface area contributed by atoms with Gasteiger partial charge in [-0.15, -0.1) is 0 Å². The van der Waals surface area contributed by atoms with Gasteiger partial charge in [-0.1, -0.05) is 18.2 Å². The number of rotatable bonds is 6. The fraction of sp³-hybridized carbons (Fsp3) is 0.450. The van der Waals surface area contributed by atoms with Gasteiger partial charge in [0.25, 0.3) is 0 Å². The highest BCUT2D eigenvalue weighted by Crippen LogP contribution is 2.22. The molecule has 2 rings (SSSR count). The smallest absolute Gasteiger partial charge is 0.240 e. The third-order valence-electron chi connectivity index (χ3n) is 3.82. The molecule has 0 radical (unpaired) electrons. The summed E-state index contributed by atoms with van der Waals surface area (Å²) in [5.74, 6) is 0.800. The zero-order valence-electron chi connectivity index (χ0n) is 16.1. The van der Waals surface area contributed by atoms with Crippen molar-refractivity contribution < 1.29 is 14.0 Å². The maximum Gasteiger partial charge on any atom is 0.240 e. The minimum absolute atomic E-state index is 0.0368. The van der Waals surface area contributed by atoms with E-state index in [0.717, 1.165) is 5.56 Å². The van der Waals surface area contributed by atoms with Crippen LogP contribution in [-0.2, 0) is 16.0 Å². The van der Waals surface area contributed by atoms with Crippen molar-refractivity contribution in [3.63, 3.8) is 0 Å². The number of nitrogens with zero attached hydrogens (tertiary/aromatic N) is 2. The van der Waals surface area contributed by atoms with E-state index in [-0.39, 0.29) is 30.3 Å². The molecule has 0 fully saturated rings. The monoisotopic (exact) mass is 357 g/mol. The van der Waals surface area contributed by atoms with Gasteiger partial charge < -0.3 is 14.6 Å². The number of aromatic nitrogens is 1. The second-order valence-corrected chi connectivity index (χ2v) is 7.27. The van der Waals surface area contributed by atoms with Crippen LogP contribution in [0.1, 0.15) is 39.1 Å². The van der Waals surface area contributed by atoms with Crippen LogP contribution in [0.4, 0.5) is 0 Å². The lowest BCUT2D eigenvalue weighted by atomic mass is 10.1. The van der Waals surface area contributed by atoms with E-state index in [0.29, 0.717) is 23.9 Å². The summed E-state index contributed by atoms with van der Waals surface area (Å²) in [6, 6.07) is 9.56. The summed E-state index contributed by atoms with van der Waals surface area (Å²) in [7, 11) is 0. The van der Waals surface area contributed by atoms with Crippen molar-refractivity contribution in [2.45, 2.75) is 46.6 Å². The number of hydrogen-bond donors (Lipinski definition) is 1. The van der Waals surface area contributed by atoms with Crippen molar-refractivity contribution in [1.29, 1.82) is 0 Å². The first-order valence-electron chi connectivity index (χ1n) is 8.80. The largest absolute Gasteiger partial charge is 0.441 e. The first-order valence-corrected chi connectivity index (χ1v) is 8.80. The molecule has 0 atom stereocenters. The topological polar surface area (TPSA) is 75.4 Å². The minimum atomic E-state index is -0.327. The molecule has 0 spiro atoms. The number of likely N-dealkylation sites (N-methyl/N-ethyl adjacent to an activating group) is 1. The predicted octanol–water partition coefficient (Wildman–Crippen LogP) is 2.96. The van der Waals surface area contributed by atoms with E-state index in [9.17, 15) is 9.59 Å². The van der Waals surface area contributed by atoms with Crippen LogP contribution in [0.5, 0.6) is 0 Å². The van der Waals surface area contributed by atoms with E-state index in [1.165, 1.54) is 4.90 Å². The molecule has 0 aliphatic carbocycles. The van der Waals surface area contributed by atoms with Crippen molar-refractivity contribution in [2.24, 2.45) is 0 Å². The van der Waals surface area contributed by atoms with Crippen LogP contribution in [0.15, 0.2) is 34.7 Å². The van der Waals surface area contributed by atoms with E-state index in [2.05, 4.69) is 10.3 Å². The van der Waals surface area contributed by atoms with Crippen LogP contribution in [0.2, 0.25) is 0 Å². The normalized spacial score (nSPS) is 11.3. The molecule has 0 unspecified atom stereocenters. The molecule has 2 amide bonds. The Kier molecular flexibility index (Phi) is 6.18. The number of hydrogen-bond acceptors (Lipinski definition) is 4. The van der Waals surface area contributed by atoms with E-state index in [4.69, 9.17) is 4.42 Å². The zero-order chi connectivity index (χ0) is 19.3. The van der Waals surface area contributed by atoms with Crippen molar-refractivity contribution in [3.05, 3.63) is 41.8 Å². The molecule has 1 aromatic heterocycles. The lowest BCUT2D eigenvalue weighted by molar-refractivity contribution is -0.135. The molecular weight excluding hydrogens is 330 g/mol. The first kappa shape index (κ1) is 19.7. The van der Waals surface area contributed by atoms with Gasteiger partial charge in [0.2, 0.25) is 17.7 Å². The summed E-state index contributed by atoms with van der Waals surface area (Å²) in [6.07, 6.45) is 0.110. The molecule has 6 nitrogen and oxygen atoms in total. The van der Waals surface area contributed by atoms with Crippen molar-refractivity contribution >= 4 is 11.8 Å². The molecule has 1 aromatic carbocycles. The Morgan fingerprint density at radius 2 is 1.85 bits per heavy atom. The number of carbonyl (C=O) groups is 2. The van der Waals surface area contributed by atoms with Gasteiger partial charge in [0, 0.05) is 17.6 Å². The van der Waals surface area contributed by atoms with Crippen LogP contribution in [0.25, 0.3) is 11.5 Å². The Balaban J connectivity index is 2.06. The summed E-state index contributed by atoms with van der Waals surface area (Å²) in [4.78, 5) is 30.7. The third-order valence-corrected chi connectivity index (χ3v) is 3.82. The molecule has 0 aliphatic rings. The number of oxazole rings is 1. The van der Waals surface area contributed by atoms with Gasteiger partial charge in [-0.3, -0.25) is 9.59 Å². The van der Waals surface area contributed by atoms with Crippen LogP contribution in [0.3, 0.4) is 0 Å². The predicted molar refractivity (Wildman–Crippen MR) is 101 cm³/mol. The van der Waals surface area contributed by atoms with Crippen molar-refractivity contribution in [1.82, 2.24) is 15.2 Å². The van der Waals surface area contributed by atoms with Crippen LogP contribution in [-0.4, -0.2) is 40.3 Å². The first-order chi connectivity index (χ1) is 12.2. The molecule has 0 saturated carbocycles. The fourth-order valence-electron chi connectivity index (χ4n) is 2.56. The highest BCUT2D eigenvalue weighted by molar-refractivity contribution is 5.86. The van der Waals surface area contributed by atoms with E-state index < -0.39 is 0 Å². The maximum atomic E-state index is 12.6. The molecule has 2 aromatic rings. The van der Waals surface area contributed by atoms with Crippen molar-refractivity contribution in [3.8, 4) is 11.5 Å². The Bertz CT molecular complexity index is 760. The van der Waals surface area contributed by atoms with E-state index in [1.807, 2.05) is 58.0 Å². The SMILES string of the molecule is CCN(CC(=O)NC(C)(C)C)C(=O)Cc1nc(-c2ccccc2)oc1C. The Morgan fingerprint density at radius 1 is 1.19 bits per heavy atom. The Morgan fingerprint density at radius 3 is 2.42 bits per heavy atom. The van der Waals surface area contributed by atoms with E-state index in [1.54, 1.807) is 6.92 Å². The molecule has 1 heterocycles. The lowest BCUT2D eigenvalue weighted by Gasteiger charge is -2.25. The van der Waals surface area contributed by atoms with Gasteiger partial charge in [0.05, 0.1) is 18.7 Å². The molecule has 0 aliphatic heterocycles. The summed E-state index contributed by atoms with van der Waals surface area (Å²) in [5, 5.41) is 2.87. The number of benzene rings is 1. The zero-order valence-corrected chi connectivity index (χ0v) is 16.1. The molecule has 0 saturated heterocycles. The summed E-state index contributed by atoms with van der Waals surface area (Å²) in [6.45, 7) is 9.87. The van der Waals surface area contributed by atoms with Gasteiger partial charge in [-0.25, -0.2) is 4.98 Å². The highest BCUT2D eigenvalue weighted by atomic mass is 16.4. The standard InChI is InChI=1S/C20H27N3O3/c1-6-23(13-17(24)22-20(3,4)5)18(25)12-16-14(2)26-19(21-16)15-10-8-7-9-11-15/h7-11H,6,12-13H2,1-5H3,(H,22,24). The number of aryl methyl sites for hydroxylation is 1. The molecule has 140 valence electrons. The fourth-order valence-corrected chi connectivity index (χ4v) is 2.56. The van der Waals surface area contributed by atoms with E-state index >= 15 is 0 Å². The lowest BCUT2D eigenvalue weighted by Crippen LogP contribution is -2.47. The van der Waals surface area contributed by atoms with Crippen LogP contribution >= 0.6 is 0 Å². The minimum Gasteiger partial charge on any atom is -0.441 e. The molecule has 6 heteroatoms. The Labute approximate surface area is 154 Å². The summed E-state index contributed by atoms with van der Waals surface area (Å²) >= 11 is 0. The van der Waals surface area contributed by atoms with Crippen molar-refractivity contribution in [2.75, 3.05) is 13.1 Å². The van der Waals surface area contributed by atoms with Gasteiger partial charge in [-0.05, 0) is 46.8 Å². The molecular formula is C20H27N3O3. The second-order valence-electron chi connectivity index (χ2n) is 7.27. The van der Waals surface area contributed by atoms with Gasteiger partial charge in [0.15, 0.2) is 0 Å². The maximum absolute atomic E-state index is 12.6. The molecule has 0 bridgehead atoms. The van der Waals surface area contributed by atoms with Crippen LogP contribution < -0.4 is 5.32 Å². The highest BCUT2D eigenvalue weighted by Gasteiger charge is 2.22. The average Bonchev–Trinajstić information content (AvgIpc) is 2.92. The molecule has 26 heavy (non-hydrogen) atoms. The number of nitrogens with one attached hydrogen (secondary N) is 1. The van der Waals surface area contributed by atoms with Gasteiger partial charge in [0.1, 0.15) is 5.76 Å². The Hall–Kier alpha value is -2.63. The van der Waals surface area contributed by atoms with Gasteiger partial charge in [-0.2, -0.15) is 0 Å². The number of carbonyl (C=O) groups excluding carboxylic acids is 2. The van der Waals surface area contributed by atoms with Crippen LogP contribution in [0, 0.1) is 6.92 Å². The second kappa shape index (κ2) is 8.17. The molecule has 1 N–H and O–H groups in total. The summed E-state index contributed by atoms with van der Waals surface area (Å²) in [5.41, 5.74) is 1.14. The average molecular weight is 357 g/mol. The number of amides is 2. The quantitative estimate of drug-likeness (QED) is 0.862. The van der Waals surface area contributed by atoms with Gasteiger partial charge >= 0.3 is 0 Å². The third kappa shape index (κ3) is 5.44. The summed E-state index contributed by atoms with van der Waals surface area (Å²) < 4.78 is 5.70.